The van der Waals surface area contributed by atoms with Gasteiger partial charge in [-0.15, -0.1) is 0 Å². The van der Waals surface area contributed by atoms with Gasteiger partial charge in [0.2, 0.25) is 0 Å². The van der Waals surface area contributed by atoms with Crippen molar-refractivity contribution >= 4 is 17.8 Å². The number of phenols is 1. The monoisotopic (exact) mass is 381 g/mol. The van der Waals surface area contributed by atoms with Crippen molar-refractivity contribution < 1.29 is 24.0 Å². The largest absolute Gasteiger partial charge is 0.507 e. The van der Waals surface area contributed by atoms with Crippen molar-refractivity contribution in [2.24, 2.45) is 5.10 Å². The van der Waals surface area contributed by atoms with Gasteiger partial charge in [-0.1, -0.05) is 18.2 Å². The first-order valence-corrected chi connectivity index (χ1v) is 8.10. The van der Waals surface area contributed by atoms with Crippen LogP contribution >= 0.6 is 0 Å². The minimum Gasteiger partial charge on any atom is -0.507 e. The van der Waals surface area contributed by atoms with Crippen LogP contribution in [0.2, 0.25) is 0 Å². The van der Waals surface area contributed by atoms with E-state index in [1.54, 1.807) is 18.2 Å². The van der Waals surface area contributed by atoms with Crippen LogP contribution in [-0.2, 0) is 6.61 Å². The maximum Gasteiger partial charge on any atom is 0.307 e. The standard InChI is InChI=1S/C19H15N3O6/c23-17-8-6-14(22(25)26)10-13(17)11-20-21-19(24)18-9-7-16(28-18)12-27-15-4-2-1-3-5-15/h1-11,23H,12H2,(H,21,24)/b20-11-. The number of nitro groups is 1. The van der Waals surface area contributed by atoms with Gasteiger partial charge in [-0.25, -0.2) is 5.43 Å². The zero-order valence-corrected chi connectivity index (χ0v) is 14.4. The van der Waals surface area contributed by atoms with E-state index in [9.17, 15) is 20.0 Å². The number of nitrogens with zero attached hydrogens (tertiary/aromatic N) is 2. The highest BCUT2D eigenvalue weighted by Gasteiger charge is 2.12. The van der Waals surface area contributed by atoms with Crippen molar-refractivity contribution in [3.8, 4) is 11.5 Å². The quantitative estimate of drug-likeness (QED) is 0.367. The Morgan fingerprint density at radius 2 is 2.00 bits per heavy atom. The molecule has 0 saturated heterocycles. The number of hydrogen-bond donors (Lipinski definition) is 2. The smallest absolute Gasteiger partial charge is 0.307 e. The predicted octanol–water partition coefficient (Wildman–Crippen LogP) is 3.24. The van der Waals surface area contributed by atoms with Crippen molar-refractivity contribution in [2.45, 2.75) is 6.61 Å². The van der Waals surface area contributed by atoms with Crippen LogP contribution in [0, 0.1) is 10.1 Å². The number of aromatic hydroxyl groups is 1. The van der Waals surface area contributed by atoms with E-state index >= 15 is 0 Å². The average Bonchev–Trinajstić information content (AvgIpc) is 3.17. The van der Waals surface area contributed by atoms with Crippen molar-refractivity contribution in [3.05, 3.63) is 87.9 Å². The Balaban J connectivity index is 1.58. The first kappa shape index (κ1) is 18.6. The van der Waals surface area contributed by atoms with Crippen LogP contribution < -0.4 is 10.2 Å². The molecule has 2 aromatic carbocycles. The molecule has 0 saturated carbocycles. The second-order valence-corrected chi connectivity index (χ2v) is 5.57. The first-order chi connectivity index (χ1) is 13.5. The molecule has 1 heterocycles. The fourth-order valence-corrected chi connectivity index (χ4v) is 2.22. The van der Waals surface area contributed by atoms with Crippen molar-refractivity contribution in [2.75, 3.05) is 0 Å². The second-order valence-electron chi connectivity index (χ2n) is 5.57. The Morgan fingerprint density at radius 1 is 1.21 bits per heavy atom. The van der Waals surface area contributed by atoms with Crippen molar-refractivity contribution in [1.29, 1.82) is 0 Å². The summed E-state index contributed by atoms with van der Waals surface area (Å²) >= 11 is 0. The zero-order valence-electron chi connectivity index (χ0n) is 14.4. The minimum absolute atomic E-state index is 0.0204. The van der Waals surface area contributed by atoms with Crippen LogP contribution in [0.4, 0.5) is 5.69 Å². The summed E-state index contributed by atoms with van der Waals surface area (Å²) in [6.45, 7) is 0.155. The van der Waals surface area contributed by atoms with Crippen LogP contribution in [0.5, 0.6) is 11.5 Å². The summed E-state index contributed by atoms with van der Waals surface area (Å²) in [7, 11) is 0. The molecule has 2 N–H and O–H groups in total. The summed E-state index contributed by atoms with van der Waals surface area (Å²) in [5.41, 5.74) is 2.11. The molecule has 9 heteroatoms. The summed E-state index contributed by atoms with van der Waals surface area (Å²) in [6.07, 6.45) is 1.10. The van der Waals surface area contributed by atoms with Gasteiger partial charge >= 0.3 is 5.91 Å². The summed E-state index contributed by atoms with van der Waals surface area (Å²) in [4.78, 5) is 22.2. The van der Waals surface area contributed by atoms with Crippen LogP contribution in [-0.4, -0.2) is 22.2 Å². The highest BCUT2D eigenvalue weighted by atomic mass is 16.6. The average molecular weight is 381 g/mol. The topological polar surface area (TPSA) is 127 Å². The lowest BCUT2D eigenvalue weighted by atomic mass is 10.2. The van der Waals surface area contributed by atoms with E-state index in [0.717, 1.165) is 18.3 Å². The molecular formula is C19H15N3O6. The van der Waals surface area contributed by atoms with E-state index in [0.29, 0.717) is 11.5 Å². The number of amides is 1. The lowest BCUT2D eigenvalue weighted by Crippen LogP contribution is -2.16. The molecule has 9 nitrogen and oxygen atoms in total. The molecule has 0 bridgehead atoms. The summed E-state index contributed by atoms with van der Waals surface area (Å²) < 4.78 is 10.9. The van der Waals surface area contributed by atoms with Crippen LogP contribution in [0.15, 0.2) is 70.2 Å². The molecule has 3 rings (SSSR count). The second kappa shape index (κ2) is 8.49. The highest BCUT2D eigenvalue weighted by Crippen LogP contribution is 2.21. The predicted molar refractivity (Wildman–Crippen MR) is 99.3 cm³/mol. The fourth-order valence-electron chi connectivity index (χ4n) is 2.22. The number of furan rings is 1. The minimum atomic E-state index is -0.618. The molecule has 1 aromatic heterocycles. The number of non-ortho nitro benzene ring substituents is 1. The fraction of sp³-hybridized carbons (Fsp3) is 0.0526. The number of hydrazone groups is 1. The summed E-state index contributed by atoms with van der Waals surface area (Å²) in [5, 5.41) is 24.1. The summed E-state index contributed by atoms with van der Waals surface area (Å²) in [6, 6.07) is 15.7. The molecular weight excluding hydrogens is 366 g/mol. The van der Waals surface area contributed by atoms with Gasteiger partial charge in [-0.05, 0) is 30.3 Å². The van der Waals surface area contributed by atoms with E-state index in [1.165, 1.54) is 12.1 Å². The van der Waals surface area contributed by atoms with E-state index in [4.69, 9.17) is 9.15 Å². The Morgan fingerprint density at radius 3 is 2.75 bits per heavy atom. The molecule has 28 heavy (non-hydrogen) atoms. The SMILES string of the molecule is O=C(N/N=C\c1cc([N+](=O)[O-])ccc1O)c1ccc(COc2ccccc2)o1. The van der Waals surface area contributed by atoms with Gasteiger partial charge < -0.3 is 14.3 Å². The number of carbonyl (C=O) groups excluding carboxylic acids is 1. The van der Waals surface area contributed by atoms with Crippen LogP contribution in [0.3, 0.4) is 0 Å². The molecule has 0 aliphatic heterocycles. The third-order valence-corrected chi connectivity index (χ3v) is 3.60. The number of nitro benzene ring substituents is 1. The van der Waals surface area contributed by atoms with Gasteiger partial charge in [-0.2, -0.15) is 5.10 Å². The highest BCUT2D eigenvalue weighted by molar-refractivity contribution is 5.92. The van der Waals surface area contributed by atoms with Crippen LogP contribution in [0.1, 0.15) is 21.9 Å². The van der Waals surface area contributed by atoms with Gasteiger partial charge in [0.15, 0.2) is 5.76 Å². The Labute approximate surface area is 159 Å². The number of phenolic OH excluding ortho intramolecular Hbond substituents is 1. The van der Waals surface area contributed by atoms with Crippen molar-refractivity contribution in [3.63, 3.8) is 0 Å². The zero-order chi connectivity index (χ0) is 19.9. The normalized spacial score (nSPS) is 10.7. The maximum absolute atomic E-state index is 12.1. The number of para-hydroxylation sites is 1. The number of rotatable bonds is 7. The number of benzene rings is 2. The number of carbonyl (C=O) groups is 1. The molecule has 0 atom stereocenters. The van der Waals surface area contributed by atoms with Crippen molar-refractivity contribution in [1.82, 2.24) is 5.43 Å². The third kappa shape index (κ3) is 4.73. The Hall–Kier alpha value is -4.14. The number of hydrogen-bond acceptors (Lipinski definition) is 7. The molecule has 0 spiro atoms. The van der Waals surface area contributed by atoms with Gasteiger partial charge in [-0.3, -0.25) is 14.9 Å². The molecule has 0 fully saturated rings. The molecule has 142 valence electrons. The number of ether oxygens (including phenoxy) is 1. The molecule has 0 aliphatic rings. The lowest BCUT2D eigenvalue weighted by Gasteiger charge is -2.03. The van der Waals surface area contributed by atoms with Gasteiger partial charge in [0, 0.05) is 17.7 Å². The molecule has 0 aliphatic carbocycles. The molecule has 0 unspecified atom stereocenters. The van der Waals surface area contributed by atoms with E-state index in [-0.39, 0.29) is 29.4 Å². The van der Waals surface area contributed by atoms with Crippen LogP contribution in [0.25, 0.3) is 0 Å². The molecule has 0 radical (unpaired) electrons. The third-order valence-electron chi connectivity index (χ3n) is 3.60. The van der Waals surface area contributed by atoms with E-state index in [1.807, 2.05) is 18.2 Å². The number of nitrogens with one attached hydrogen (secondary N) is 1. The first-order valence-electron chi connectivity index (χ1n) is 8.10. The summed E-state index contributed by atoms with van der Waals surface area (Å²) in [5.74, 6) is 0.321. The molecule has 1 amide bonds. The molecule has 3 aromatic rings. The van der Waals surface area contributed by atoms with Gasteiger partial charge in [0.05, 0.1) is 11.1 Å². The van der Waals surface area contributed by atoms with E-state index in [2.05, 4.69) is 10.5 Å². The Kier molecular flexibility index (Phi) is 5.66. The van der Waals surface area contributed by atoms with Gasteiger partial charge in [0.25, 0.3) is 5.69 Å². The maximum atomic E-state index is 12.1. The van der Waals surface area contributed by atoms with E-state index < -0.39 is 10.8 Å². The lowest BCUT2D eigenvalue weighted by molar-refractivity contribution is -0.384. The van der Waals surface area contributed by atoms with Gasteiger partial charge in [0.1, 0.15) is 23.9 Å². The Bertz CT molecular complexity index is 1010.